The number of rotatable bonds is 4. The molecular weight excluding hydrogens is 352 g/mol. The fourth-order valence-corrected chi connectivity index (χ4v) is 3.57. The van der Waals surface area contributed by atoms with Crippen LogP contribution in [0, 0.1) is 13.8 Å². The summed E-state index contributed by atoms with van der Waals surface area (Å²) in [5.41, 5.74) is 2.69. The maximum atomic E-state index is 12.3. The van der Waals surface area contributed by atoms with Crippen LogP contribution in [-0.2, 0) is 0 Å². The number of amides is 1. The maximum absolute atomic E-state index is 12.3. The van der Waals surface area contributed by atoms with Crippen molar-refractivity contribution in [2.24, 2.45) is 0 Å². The number of carbonyl (C=O) groups is 1. The number of piperidine rings is 1. The number of anilines is 1. The molecule has 1 aliphatic rings. The van der Waals surface area contributed by atoms with Crippen molar-refractivity contribution < 1.29 is 4.79 Å². The van der Waals surface area contributed by atoms with Crippen LogP contribution in [-0.4, -0.2) is 44.8 Å². The Morgan fingerprint density at radius 2 is 1.79 bits per heavy atom. The standard InChI is InChI=1S/C21H24N6O/c1-15-12-16(2)27(25-15)20-14-22-13-19(24-20)26-10-8-18(9-11-26)23-21(28)17-6-4-3-5-7-17/h3-7,12-14,18H,8-11H2,1-2H3,(H,23,28). The van der Waals surface area contributed by atoms with Crippen LogP contribution in [0.4, 0.5) is 5.82 Å². The third-order valence-electron chi connectivity index (χ3n) is 5.03. The van der Waals surface area contributed by atoms with Gasteiger partial charge in [-0.05, 0) is 44.9 Å². The zero-order valence-corrected chi connectivity index (χ0v) is 16.2. The van der Waals surface area contributed by atoms with Crippen molar-refractivity contribution >= 4 is 11.7 Å². The molecule has 1 aliphatic heterocycles. The molecule has 144 valence electrons. The van der Waals surface area contributed by atoms with Gasteiger partial charge in [0.1, 0.15) is 5.82 Å². The van der Waals surface area contributed by atoms with E-state index >= 15 is 0 Å². The highest BCUT2D eigenvalue weighted by molar-refractivity contribution is 5.94. The van der Waals surface area contributed by atoms with Gasteiger partial charge in [0, 0.05) is 30.4 Å². The molecule has 0 spiro atoms. The van der Waals surface area contributed by atoms with Crippen molar-refractivity contribution in [1.29, 1.82) is 0 Å². The second kappa shape index (κ2) is 7.80. The second-order valence-corrected chi connectivity index (χ2v) is 7.18. The summed E-state index contributed by atoms with van der Waals surface area (Å²) in [6.07, 6.45) is 5.28. The largest absolute Gasteiger partial charge is 0.355 e. The minimum absolute atomic E-state index is 0.00892. The molecule has 0 radical (unpaired) electrons. The van der Waals surface area contributed by atoms with Crippen LogP contribution >= 0.6 is 0 Å². The highest BCUT2D eigenvalue weighted by Gasteiger charge is 2.22. The predicted molar refractivity (Wildman–Crippen MR) is 108 cm³/mol. The van der Waals surface area contributed by atoms with Crippen molar-refractivity contribution in [1.82, 2.24) is 25.1 Å². The van der Waals surface area contributed by atoms with E-state index < -0.39 is 0 Å². The lowest BCUT2D eigenvalue weighted by atomic mass is 10.0. The lowest BCUT2D eigenvalue weighted by molar-refractivity contribution is 0.0931. The minimum atomic E-state index is -0.00892. The molecule has 3 aromatic rings. The number of aromatic nitrogens is 4. The summed E-state index contributed by atoms with van der Waals surface area (Å²) in [5.74, 6) is 1.56. The molecule has 2 aromatic heterocycles. The van der Waals surface area contributed by atoms with Crippen molar-refractivity contribution in [3.63, 3.8) is 0 Å². The molecule has 0 saturated carbocycles. The normalized spacial score (nSPS) is 14.9. The summed E-state index contributed by atoms with van der Waals surface area (Å²) < 4.78 is 1.82. The molecule has 7 heteroatoms. The lowest BCUT2D eigenvalue weighted by Gasteiger charge is -2.33. The summed E-state index contributed by atoms with van der Waals surface area (Å²) in [4.78, 5) is 23.7. The molecule has 0 aliphatic carbocycles. The fourth-order valence-electron chi connectivity index (χ4n) is 3.57. The first-order valence-corrected chi connectivity index (χ1v) is 9.57. The molecular formula is C21H24N6O. The van der Waals surface area contributed by atoms with E-state index in [-0.39, 0.29) is 11.9 Å². The quantitative estimate of drug-likeness (QED) is 0.758. The molecule has 7 nitrogen and oxygen atoms in total. The first-order valence-electron chi connectivity index (χ1n) is 9.57. The first kappa shape index (κ1) is 18.2. The Bertz CT molecular complexity index is 960. The SMILES string of the molecule is Cc1cc(C)n(-c2cncc(N3CCC(NC(=O)c4ccccc4)CC3)n2)n1. The Morgan fingerprint density at radius 3 is 2.46 bits per heavy atom. The van der Waals surface area contributed by atoms with Crippen LogP contribution in [0.3, 0.4) is 0 Å². The van der Waals surface area contributed by atoms with Crippen molar-refractivity contribution in [3.05, 3.63) is 65.7 Å². The van der Waals surface area contributed by atoms with Gasteiger partial charge in [-0.15, -0.1) is 0 Å². The summed E-state index contributed by atoms with van der Waals surface area (Å²) in [7, 11) is 0. The van der Waals surface area contributed by atoms with E-state index in [4.69, 9.17) is 4.98 Å². The second-order valence-electron chi connectivity index (χ2n) is 7.18. The third kappa shape index (κ3) is 3.88. The Balaban J connectivity index is 1.39. The molecule has 1 amide bonds. The molecule has 1 N–H and O–H groups in total. The number of hydrogen-bond donors (Lipinski definition) is 1. The van der Waals surface area contributed by atoms with Crippen molar-refractivity contribution in [3.8, 4) is 5.82 Å². The van der Waals surface area contributed by atoms with Crippen molar-refractivity contribution in [2.75, 3.05) is 18.0 Å². The van der Waals surface area contributed by atoms with Crippen LogP contribution in [0.1, 0.15) is 34.6 Å². The fraction of sp³-hybridized carbons (Fsp3) is 0.333. The van der Waals surface area contributed by atoms with Gasteiger partial charge < -0.3 is 10.2 Å². The van der Waals surface area contributed by atoms with E-state index in [9.17, 15) is 4.79 Å². The van der Waals surface area contributed by atoms with E-state index in [0.29, 0.717) is 5.56 Å². The van der Waals surface area contributed by atoms with E-state index in [1.807, 2.05) is 54.9 Å². The summed E-state index contributed by atoms with van der Waals surface area (Å²) in [5, 5.41) is 7.63. The molecule has 3 heterocycles. The van der Waals surface area contributed by atoms with E-state index in [2.05, 4.69) is 20.3 Å². The van der Waals surface area contributed by atoms with E-state index in [0.717, 1.165) is 49.0 Å². The topological polar surface area (TPSA) is 75.9 Å². The van der Waals surface area contributed by atoms with Crippen LogP contribution in [0.5, 0.6) is 0 Å². The molecule has 1 aromatic carbocycles. The summed E-state index contributed by atoms with van der Waals surface area (Å²) in [6, 6.07) is 11.6. The zero-order valence-electron chi connectivity index (χ0n) is 16.2. The molecule has 0 unspecified atom stereocenters. The minimum Gasteiger partial charge on any atom is -0.355 e. The predicted octanol–water partition coefficient (Wildman–Crippen LogP) is 2.68. The zero-order chi connectivity index (χ0) is 19.5. The summed E-state index contributed by atoms with van der Waals surface area (Å²) in [6.45, 7) is 5.63. The highest BCUT2D eigenvalue weighted by atomic mass is 16.1. The monoisotopic (exact) mass is 376 g/mol. The van der Waals surface area contributed by atoms with Crippen LogP contribution in [0.15, 0.2) is 48.8 Å². The number of carbonyl (C=O) groups excluding carboxylic acids is 1. The maximum Gasteiger partial charge on any atom is 0.251 e. The van der Waals surface area contributed by atoms with Crippen LogP contribution in [0.2, 0.25) is 0 Å². The Morgan fingerprint density at radius 1 is 1.07 bits per heavy atom. The molecule has 1 saturated heterocycles. The molecule has 28 heavy (non-hydrogen) atoms. The van der Waals surface area contributed by atoms with Gasteiger partial charge in [-0.25, -0.2) is 9.67 Å². The molecule has 4 rings (SSSR count). The van der Waals surface area contributed by atoms with Gasteiger partial charge in [0.25, 0.3) is 5.91 Å². The third-order valence-corrected chi connectivity index (χ3v) is 5.03. The number of aryl methyl sites for hydroxylation is 2. The van der Waals surface area contributed by atoms with Gasteiger partial charge >= 0.3 is 0 Å². The van der Waals surface area contributed by atoms with Gasteiger partial charge in [-0.3, -0.25) is 9.78 Å². The van der Waals surface area contributed by atoms with Gasteiger partial charge in [0.05, 0.1) is 18.1 Å². The number of hydrogen-bond acceptors (Lipinski definition) is 5. The Kier molecular flexibility index (Phi) is 5.06. The molecule has 1 fully saturated rings. The van der Waals surface area contributed by atoms with Gasteiger partial charge in [0.15, 0.2) is 5.82 Å². The van der Waals surface area contributed by atoms with Crippen LogP contribution < -0.4 is 10.2 Å². The average Bonchev–Trinajstić information content (AvgIpc) is 3.07. The number of benzene rings is 1. The van der Waals surface area contributed by atoms with Gasteiger partial charge in [-0.2, -0.15) is 5.10 Å². The smallest absolute Gasteiger partial charge is 0.251 e. The van der Waals surface area contributed by atoms with E-state index in [1.54, 1.807) is 12.4 Å². The van der Waals surface area contributed by atoms with Gasteiger partial charge in [-0.1, -0.05) is 18.2 Å². The summed E-state index contributed by atoms with van der Waals surface area (Å²) >= 11 is 0. The van der Waals surface area contributed by atoms with Crippen molar-refractivity contribution in [2.45, 2.75) is 32.7 Å². The lowest BCUT2D eigenvalue weighted by Crippen LogP contribution is -2.45. The highest BCUT2D eigenvalue weighted by Crippen LogP contribution is 2.19. The van der Waals surface area contributed by atoms with E-state index in [1.165, 1.54) is 0 Å². The Hall–Kier alpha value is -3.22. The molecule has 0 atom stereocenters. The average molecular weight is 376 g/mol. The number of nitrogens with one attached hydrogen (secondary N) is 1. The van der Waals surface area contributed by atoms with Crippen LogP contribution in [0.25, 0.3) is 5.82 Å². The van der Waals surface area contributed by atoms with Gasteiger partial charge in [0.2, 0.25) is 0 Å². The Labute approximate surface area is 164 Å². The molecule has 0 bridgehead atoms. The first-order chi connectivity index (χ1) is 13.6. The number of nitrogens with zero attached hydrogens (tertiary/aromatic N) is 5.